The highest BCUT2D eigenvalue weighted by molar-refractivity contribution is 7.11. The Balaban J connectivity index is 2.65. The Bertz CT molecular complexity index is 342. The summed E-state index contributed by atoms with van der Waals surface area (Å²) in [4.78, 5) is 5.89. The van der Waals surface area contributed by atoms with E-state index in [0.29, 0.717) is 12.1 Å². The summed E-state index contributed by atoms with van der Waals surface area (Å²) in [5.74, 6) is 0.770. The predicted octanol–water partition coefficient (Wildman–Crippen LogP) is 4.24. The molecule has 0 aromatic carbocycles. The molecule has 0 bridgehead atoms. The maximum Gasteiger partial charge on any atom is 0.0900 e. The van der Waals surface area contributed by atoms with Crippen LogP contribution in [0.2, 0.25) is 0 Å². The van der Waals surface area contributed by atoms with E-state index in [9.17, 15) is 0 Å². The maximum atomic E-state index is 4.50. The molecule has 1 aromatic heterocycles. The molecule has 17 heavy (non-hydrogen) atoms. The van der Waals surface area contributed by atoms with Crippen LogP contribution < -0.4 is 5.32 Å². The van der Waals surface area contributed by atoms with Crippen molar-refractivity contribution < 1.29 is 0 Å². The fraction of sp³-hybridized carbons (Fsp3) is 0.786. The molecule has 2 unspecified atom stereocenters. The minimum Gasteiger partial charge on any atom is -0.307 e. The van der Waals surface area contributed by atoms with Crippen LogP contribution >= 0.6 is 11.3 Å². The Kier molecular flexibility index (Phi) is 5.60. The van der Waals surface area contributed by atoms with Crippen LogP contribution in [0, 0.1) is 19.8 Å². The lowest BCUT2D eigenvalue weighted by Crippen LogP contribution is -2.34. The molecule has 0 aliphatic rings. The summed E-state index contributed by atoms with van der Waals surface area (Å²) >= 11 is 1.82. The number of aryl methyl sites for hydroxylation is 2. The molecule has 0 amide bonds. The second kappa shape index (κ2) is 6.50. The zero-order valence-electron chi connectivity index (χ0n) is 12.0. The number of nitrogens with zero attached hydrogens (tertiary/aromatic N) is 1. The first-order valence-corrected chi connectivity index (χ1v) is 7.51. The molecule has 0 fully saturated rings. The van der Waals surface area contributed by atoms with Crippen LogP contribution in [0.1, 0.15) is 62.2 Å². The van der Waals surface area contributed by atoms with E-state index in [4.69, 9.17) is 0 Å². The molecule has 1 N–H and O–H groups in total. The number of thiazole rings is 1. The van der Waals surface area contributed by atoms with Gasteiger partial charge < -0.3 is 5.32 Å². The van der Waals surface area contributed by atoms with Crippen molar-refractivity contribution in [3.8, 4) is 0 Å². The van der Waals surface area contributed by atoms with Crippen LogP contribution in [-0.4, -0.2) is 11.0 Å². The molecule has 1 rings (SSSR count). The molecule has 3 heteroatoms. The van der Waals surface area contributed by atoms with Gasteiger partial charge in [-0.2, -0.15) is 0 Å². The molecule has 0 spiro atoms. The first-order chi connectivity index (χ1) is 7.99. The van der Waals surface area contributed by atoms with Gasteiger partial charge in [-0.25, -0.2) is 4.98 Å². The fourth-order valence-corrected chi connectivity index (χ4v) is 3.49. The molecule has 2 nitrogen and oxygen atoms in total. The van der Waals surface area contributed by atoms with Crippen molar-refractivity contribution in [3.05, 3.63) is 15.6 Å². The van der Waals surface area contributed by atoms with Gasteiger partial charge in [0.2, 0.25) is 0 Å². The molecule has 2 atom stereocenters. The van der Waals surface area contributed by atoms with Crippen LogP contribution in [-0.2, 0) is 0 Å². The van der Waals surface area contributed by atoms with Crippen molar-refractivity contribution in [2.24, 2.45) is 5.92 Å². The minimum atomic E-state index is 0.414. The van der Waals surface area contributed by atoms with Gasteiger partial charge in [-0.15, -0.1) is 11.3 Å². The summed E-state index contributed by atoms with van der Waals surface area (Å²) in [5, 5.41) is 4.89. The van der Waals surface area contributed by atoms with Crippen molar-refractivity contribution in [2.75, 3.05) is 0 Å². The Hall–Kier alpha value is -0.410. The van der Waals surface area contributed by atoms with Gasteiger partial charge in [-0.05, 0) is 33.6 Å². The highest BCUT2D eigenvalue weighted by Gasteiger charge is 2.19. The Morgan fingerprint density at radius 2 is 1.76 bits per heavy atom. The van der Waals surface area contributed by atoms with Crippen LogP contribution in [0.25, 0.3) is 0 Å². The van der Waals surface area contributed by atoms with Crippen LogP contribution in [0.5, 0.6) is 0 Å². The van der Waals surface area contributed by atoms with Gasteiger partial charge in [-0.3, -0.25) is 0 Å². The van der Waals surface area contributed by atoms with E-state index in [-0.39, 0.29) is 0 Å². The average molecular weight is 254 g/mol. The summed E-state index contributed by atoms with van der Waals surface area (Å²) in [6, 6.07) is 0.985. The van der Waals surface area contributed by atoms with Gasteiger partial charge in [0.15, 0.2) is 0 Å². The second-order valence-electron chi connectivity index (χ2n) is 4.94. The van der Waals surface area contributed by atoms with Gasteiger partial charge in [0.05, 0.1) is 10.7 Å². The Morgan fingerprint density at radius 1 is 1.18 bits per heavy atom. The van der Waals surface area contributed by atoms with Crippen molar-refractivity contribution in [1.82, 2.24) is 10.3 Å². The number of aromatic nitrogens is 1. The third kappa shape index (κ3) is 3.78. The van der Waals surface area contributed by atoms with E-state index in [1.54, 1.807) is 0 Å². The molecule has 0 aliphatic heterocycles. The first kappa shape index (κ1) is 14.7. The predicted molar refractivity (Wildman–Crippen MR) is 76.7 cm³/mol. The molecular formula is C14H26N2S. The summed E-state index contributed by atoms with van der Waals surface area (Å²) < 4.78 is 0. The maximum absolute atomic E-state index is 4.50. The molecule has 98 valence electrons. The van der Waals surface area contributed by atoms with Crippen molar-refractivity contribution >= 4 is 11.3 Å². The lowest BCUT2D eigenvalue weighted by atomic mass is 9.95. The van der Waals surface area contributed by atoms with E-state index in [0.717, 1.165) is 5.92 Å². The first-order valence-electron chi connectivity index (χ1n) is 6.69. The molecular weight excluding hydrogens is 228 g/mol. The molecule has 0 aliphatic carbocycles. The quantitative estimate of drug-likeness (QED) is 0.821. The number of rotatable bonds is 6. The standard InChI is InChI=1S/C14H26N2S/c1-7-13(8-2)9(3)15-10(4)14-11(5)16-12(6)17-14/h9-10,13,15H,7-8H2,1-6H3. The molecule has 1 aromatic rings. The summed E-state index contributed by atoms with van der Waals surface area (Å²) in [6.45, 7) is 13.3. The SMILES string of the molecule is CCC(CC)C(C)NC(C)c1sc(C)nc1C. The van der Waals surface area contributed by atoms with E-state index < -0.39 is 0 Å². The third-order valence-corrected chi connectivity index (χ3v) is 4.86. The monoisotopic (exact) mass is 254 g/mol. The average Bonchev–Trinajstić information content (AvgIpc) is 2.59. The van der Waals surface area contributed by atoms with Crippen LogP contribution in [0.15, 0.2) is 0 Å². The number of nitrogens with one attached hydrogen (secondary N) is 1. The minimum absolute atomic E-state index is 0.414. The lowest BCUT2D eigenvalue weighted by Gasteiger charge is -2.26. The third-order valence-electron chi connectivity index (χ3n) is 3.60. The molecule has 0 saturated carbocycles. The van der Waals surface area contributed by atoms with Crippen LogP contribution in [0.4, 0.5) is 0 Å². The fourth-order valence-electron chi connectivity index (χ4n) is 2.55. The van der Waals surface area contributed by atoms with Gasteiger partial charge in [0.1, 0.15) is 0 Å². The van der Waals surface area contributed by atoms with E-state index >= 15 is 0 Å². The summed E-state index contributed by atoms with van der Waals surface area (Å²) in [6.07, 6.45) is 2.50. The normalized spacial score (nSPS) is 15.2. The van der Waals surface area contributed by atoms with Crippen molar-refractivity contribution in [1.29, 1.82) is 0 Å². The van der Waals surface area contributed by atoms with E-state index in [1.807, 2.05) is 11.3 Å². The second-order valence-corrected chi connectivity index (χ2v) is 6.17. The van der Waals surface area contributed by atoms with Crippen molar-refractivity contribution in [2.45, 2.75) is 66.5 Å². The van der Waals surface area contributed by atoms with Gasteiger partial charge in [0.25, 0.3) is 0 Å². The summed E-state index contributed by atoms with van der Waals surface area (Å²) in [5.41, 5.74) is 1.18. The molecule has 0 radical (unpaired) electrons. The smallest absolute Gasteiger partial charge is 0.0900 e. The van der Waals surface area contributed by atoms with Gasteiger partial charge in [-0.1, -0.05) is 26.7 Å². The molecule has 1 heterocycles. The van der Waals surface area contributed by atoms with Gasteiger partial charge >= 0.3 is 0 Å². The summed E-state index contributed by atoms with van der Waals surface area (Å²) in [7, 11) is 0. The van der Waals surface area contributed by atoms with Crippen LogP contribution in [0.3, 0.4) is 0 Å². The van der Waals surface area contributed by atoms with E-state index in [2.05, 4.69) is 51.8 Å². The lowest BCUT2D eigenvalue weighted by molar-refractivity contribution is 0.331. The molecule has 0 saturated heterocycles. The van der Waals surface area contributed by atoms with E-state index in [1.165, 1.54) is 28.4 Å². The highest BCUT2D eigenvalue weighted by atomic mass is 32.1. The zero-order chi connectivity index (χ0) is 13.0. The topological polar surface area (TPSA) is 24.9 Å². The largest absolute Gasteiger partial charge is 0.307 e. The van der Waals surface area contributed by atoms with Crippen molar-refractivity contribution in [3.63, 3.8) is 0 Å². The number of hydrogen-bond donors (Lipinski definition) is 1. The van der Waals surface area contributed by atoms with Gasteiger partial charge in [0, 0.05) is 17.0 Å². The number of hydrogen-bond acceptors (Lipinski definition) is 3. The Morgan fingerprint density at radius 3 is 2.18 bits per heavy atom. The zero-order valence-corrected chi connectivity index (χ0v) is 12.8. The Labute approximate surface area is 110 Å². The highest BCUT2D eigenvalue weighted by Crippen LogP contribution is 2.26.